The Kier molecular flexibility index (Phi) is 16.5. The summed E-state index contributed by atoms with van der Waals surface area (Å²) in [5.41, 5.74) is 10.8. The molecule has 0 aliphatic heterocycles. The van der Waals surface area contributed by atoms with Crippen molar-refractivity contribution in [2.24, 2.45) is 11.5 Å². The normalized spacial score (nSPS) is 12.2. The molecule has 0 saturated carbocycles. The Labute approximate surface area is 159 Å². The van der Waals surface area contributed by atoms with Crippen LogP contribution >= 0.6 is 0 Å². The Balaban J connectivity index is 3.83. The van der Waals surface area contributed by atoms with Gasteiger partial charge in [0.2, 0.25) is 5.91 Å². The maximum Gasteiger partial charge on any atom is 0.328 e. The van der Waals surface area contributed by atoms with Crippen molar-refractivity contribution >= 4 is 11.9 Å². The minimum atomic E-state index is -0.609. The van der Waals surface area contributed by atoms with Crippen molar-refractivity contribution in [1.29, 1.82) is 0 Å². The first-order valence-corrected chi connectivity index (χ1v) is 10.1. The quantitative estimate of drug-likeness (QED) is 0.176. The molecule has 0 aromatic carbocycles. The van der Waals surface area contributed by atoms with E-state index in [1.165, 1.54) is 52.1 Å². The van der Waals surface area contributed by atoms with Crippen LogP contribution in [0.4, 0.5) is 0 Å². The molecule has 6 N–H and O–H groups in total. The van der Waals surface area contributed by atoms with Gasteiger partial charge >= 0.3 is 5.97 Å². The van der Waals surface area contributed by atoms with E-state index in [-0.39, 0.29) is 5.91 Å². The first-order valence-electron chi connectivity index (χ1n) is 10.1. The molecule has 0 spiro atoms. The lowest BCUT2D eigenvalue weighted by atomic mass is 10.1. The summed E-state index contributed by atoms with van der Waals surface area (Å²) in [7, 11) is 1.33. The molecule has 0 bridgehead atoms. The molecule has 0 aliphatic carbocycles. The van der Waals surface area contributed by atoms with Crippen LogP contribution in [0.5, 0.6) is 0 Å². The summed E-state index contributed by atoms with van der Waals surface area (Å²) in [4.78, 5) is 23.8. The molecule has 0 heterocycles. The second kappa shape index (κ2) is 17.2. The summed E-state index contributed by atoms with van der Waals surface area (Å²) in [5.74, 6) is -0.505. The van der Waals surface area contributed by atoms with Gasteiger partial charge in [0, 0.05) is 6.42 Å². The highest BCUT2D eigenvalue weighted by atomic mass is 16.5. The number of carbonyl (C=O) groups is 2. The second-order valence-electron chi connectivity index (χ2n) is 6.84. The lowest BCUT2D eigenvalue weighted by Gasteiger charge is -2.17. The number of carbonyl (C=O) groups excluding carboxylic acids is 2. The zero-order chi connectivity index (χ0) is 19.6. The van der Waals surface area contributed by atoms with Gasteiger partial charge < -0.3 is 21.5 Å². The number of nitrogens with one attached hydrogen (secondary N) is 2. The van der Waals surface area contributed by atoms with Crippen molar-refractivity contribution in [3.05, 3.63) is 0 Å². The minimum absolute atomic E-state index is 0.0909. The summed E-state index contributed by atoms with van der Waals surface area (Å²) in [6.07, 6.45) is 11.9. The molecule has 1 unspecified atom stereocenters. The zero-order valence-electron chi connectivity index (χ0n) is 16.7. The third kappa shape index (κ3) is 15.1. The van der Waals surface area contributed by atoms with Crippen molar-refractivity contribution in [2.45, 2.75) is 96.3 Å². The van der Waals surface area contributed by atoms with Crippen LogP contribution < -0.4 is 22.1 Å². The predicted octanol–water partition coefficient (Wildman–Crippen LogP) is 2.14. The molecule has 26 heavy (non-hydrogen) atoms. The number of hydrogen-bond donors (Lipinski definition) is 4. The maximum absolute atomic E-state index is 12.0. The Morgan fingerprint density at radius 3 is 2.04 bits per heavy atom. The number of methoxy groups -OCH3 is 1. The van der Waals surface area contributed by atoms with Gasteiger partial charge in [-0.15, -0.1) is 0 Å². The van der Waals surface area contributed by atoms with Crippen molar-refractivity contribution in [3.63, 3.8) is 0 Å². The molecule has 1 amide bonds. The molecule has 0 aromatic rings. The minimum Gasteiger partial charge on any atom is -0.467 e. The summed E-state index contributed by atoms with van der Waals surface area (Å²) >= 11 is 0. The number of amides is 1. The van der Waals surface area contributed by atoms with Gasteiger partial charge in [-0.1, -0.05) is 58.3 Å². The number of unbranched alkanes of at least 4 members (excludes halogenated alkanes) is 8. The Morgan fingerprint density at radius 1 is 0.923 bits per heavy atom. The van der Waals surface area contributed by atoms with Crippen molar-refractivity contribution in [2.75, 3.05) is 13.7 Å². The highest BCUT2D eigenvalue weighted by Crippen LogP contribution is 2.10. The van der Waals surface area contributed by atoms with E-state index < -0.39 is 18.3 Å². The van der Waals surface area contributed by atoms with E-state index in [1.807, 2.05) is 0 Å². The smallest absolute Gasteiger partial charge is 0.328 e. The molecule has 1 atom stereocenters. The van der Waals surface area contributed by atoms with Crippen LogP contribution in [0.3, 0.4) is 0 Å². The van der Waals surface area contributed by atoms with Crippen molar-refractivity contribution < 1.29 is 14.3 Å². The summed E-state index contributed by atoms with van der Waals surface area (Å²) < 4.78 is 4.77. The van der Waals surface area contributed by atoms with Crippen LogP contribution in [0.2, 0.25) is 0 Å². The van der Waals surface area contributed by atoms with E-state index in [9.17, 15) is 9.59 Å². The van der Waals surface area contributed by atoms with E-state index in [1.54, 1.807) is 0 Å². The van der Waals surface area contributed by atoms with Crippen LogP contribution in [-0.4, -0.2) is 37.9 Å². The number of hydrogen-bond acceptors (Lipinski definition) is 6. The van der Waals surface area contributed by atoms with Crippen molar-refractivity contribution in [3.8, 4) is 0 Å². The highest BCUT2D eigenvalue weighted by Gasteiger charge is 2.20. The largest absolute Gasteiger partial charge is 0.467 e. The number of rotatable bonds is 17. The zero-order valence-corrected chi connectivity index (χ0v) is 16.7. The van der Waals surface area contributed by atoms with E-state index in [0.717, 1.165) is 12.8 Å². The maximum atomic E-state index is 12.0. The third-order valence-electron chi connectivity index (χ3n) is 4.38. The number of esters is 1. The van der Waals surface area contributed by atoms with E-state index in [0.29, 0.717) is 25.8 Å². The van der Waals surface area contributed by atoms with Gasteiger partial charge in [-0.05, 0) is 25.8 Å². The Bertz CT molecular complexity index is 365. The van der Waals surface area contributed by atoms with Gasteiger partial charge in [0.25, 0.3) is 0 Å². The molecule has 0 rings (SSSR count). The van der Waals surface area contributed by atoms with Gasteiger partial charge in [0.15, 0.2) is 0 Å². The fourth-order valence-electron chi connectivity index (χ4n) is 2.83. The molecular formula is C19H40N4O3. The van der Waals surface area contributed by atoms with Gasteiger partial charge in [0.1, 0.15) is 12.3 Å². The van der Waals surface area contributed by atoms with Crippen LogP contribution in [0.25, 0.3) is 0 Å². The summed E-state index contributed by atoms with van der Waals surface area (Å²) in [6.45, 7) is 2.81. The standard InChI is InChI=1S/C19H40N4O3/c1-3-4-5-6-7-8-9-10-11-14-17(24)23-16(18(25)26-2)13-12-15-22-19(20)21/h16,19,22H,3-15,20-21H2,1-2H3,(H,23,24). The van der Waals surface area contributed by atoms with Crippen LogP contribution in [0, 0.1) is 0 Å². The molecule has 0 aliphatic rings. The fourth-order valence-corrected chi connectivity index (χ4v) is 2.83. The number of nitrogens with two attached hydrogens (primary N) is 2. The molecule has 0 radical (unpaired) electrons. The first kappa shape index (κ1) is 24.8. The Morgan fingerprint density at radius 2 is 1.50 bits per heavy atom. The molecular weight excluding hydrogens is 332 g/mol. The Hall–Kier alpha value is -1.18. The van der Waals surface area contributed by atoms with E-state index in [4.69, 9.17) is 16.2 Å². The lowest BCUT2D eigenvalue weighted by Crippen LogP contribution is -2.46. The average molecular weight is 373 g/mol. The third-order valence-corrected chi connectivity index (χ3v) is 4.38. The molecule has 0 saturated heterocycles. The lowest BCUT2D eigenvalue weighted by molar-refractivity contribution is -0.145. The van der Waals surface area contributed by atoms with Crippen LogP contribution in [0.1, 0.15) is 84.0 Å². The summed E-state index contributed by atoms with van der Waals surface area (Å²) in [6, 6.07) is -0.609. The van der Waals surface area contributed by atoms with E-state index in [2.05, 4.69) is 17.6 Å². The van der Waals surface area contributed by atoms with Crippen LogP contribution in [-0.2, 0) is 14.3 Å². The van der Waals surface area contributed by atoms with Crippen molar-refractivity contribution in [1.82, 2.24) is 10.6 Å². The molecule has 154 valence electrons. The van der Waals surface area contributed by atoms with E-state index >= 15 is 0 Å². The first-order chi connectivity index (χ1) is 12.5. The molecule has 7 heteroatoms. The fraction of sp³-hybridized carbons (Fsp3) is 0.895. The van der Waals surface area contributed by atoms with Gasteiger partial charge in [0.05, 0.1) is 7.11 Å². The van der Waals surface area contributed by atoms with Crippen LogP contribution in [0.15, 0.2) is 0 Å². The SMILES string of the molecule is CCCCCCCCCCCC(=O)NC(CCCNC(N)N)C(=O)OC. The highest BCUT2D eigenvalue weighted by molar-refractivity contribution is 5.84. The molecule has 0 aromatic heterocycles. The second-order valence-corrected chi connectivity index (χ2v) is 6.84. The van der Waals surface area contributed by atoms with Gasteiger partial charge in [-0.2, -0.15) is 0 Å². The predicted molar refractivity (Wildman–Crippen MR) is 105 cm³/mol. The topological polar surface area (TPSA) is 119 Å². The summed E-state index contributed by atoms with van der Waals surface area (Å²) in [5, 5.41) is 5.65. The average Bonchev–Trinajstić information content (AvgIpc) is 2.62. The van der Waals surface area contributed by atoms with Gasteiger partial charge in [-0.3, -0.25) is 10.1 Å². The monoisotopic (exact) mass is 372 g/mol. The molecule has 0 fully saturated rings. The molecule has 7 nitrogen and oxygen atoms in total. The van der Waals surface area contributed by atoms with Gasteiger partial charge in [-0.25, -0.2) is 4.79 Å². The number of ether oxygens (including phenoxy) is 1.